The molecule has 1 nitrogen and oxygen atoms in total. The third-order valence-corrected chi connectivity index (χ3v) is 7.59. The highest BCUT2D eigenvalue weighted by atomic mass is 15.0. The van der Waals surface area contributed by atoms with Crippen molar-refractivity contribution in [3.8, 4) is 27.9 Å². The molecule has 1 heteroatoms. The van der Waals surface area contributed by atoms with Gasteiger partial charge in [0.25, 0.3) is 0 Å². The lowest BCUT2D eigenvalue weighted by Crippen LogP contribution is -1.96. The molecule has 0 aliphatic carbocycles. The quantitative estimate of drug-likeness (QED) is 0.240. The number of nitrogens with zero attached hydrogens (tertiary/aromatic N) is 1. The molecule has 0 fully saturated rings. The van der Waals surface area contributed by atoms with Crippen LogP contribution in [0.2, 0.25) is 0 Å². The van der Waals surface area contributed by atoms with E-state index in [4.69, 9.17) is 0 Å². The summed E-state index contributed by atoms with van der Waals surface area (Å²) in [6.07, 6.45) is 0.997. The van der Waals surface area contributed by atoms with E-state index in [1.807, 2.05) is 0 Å². The van der Waals surface area contributed by atoms with Crippen LogP contribution in [0.25, 0.3) is 60.5 Å². The summed E-state index contributed by atoms with van der Waals surface area (Å²) < 4.78 is 2.43. The summed E-state index contributed by atoms with van der Waals surface area (Å²) in [6.45, 7) is 2.24. The van der Waals surface area contributed by atoms with Crippen molar-refractivity contribution in [1.29, 1.82) is 0 Å². The molecule has 0 aliphatic rings. The van der Waals surface area contributed by atoms with E-state index in [2.05, 4.69) is 145 Å². The van der Waals surface area contributed by atoms with Crippen LogP contribution < -0.4 is 0 Å². The molecule has 0 saturated heterocycles. The predicted octanol–water partition coefficient (Wildman–Crippen LogP) is 9.83. The number of aryl methyl sites for hydroxylation is 1. The molecule has 1 heterocycles. The maximum absolute atomic E-state index is 2.43. The van der Waals surface area contributed by atoms with E-state index >= 15 is 0 Å². The fraction of sp³-hybridized carbons (Fsp3) is 0.0556. The molecule has 176 valence electrons. The first-order chi connectivity index (χ1) is 18.3. The first-order valence-electron chi connectivity index (χ1n) is 13.0. The standard InChI is InChI=1S/C36H27N/c1-2-25-14-10-17-30(26-11-4-3-5-12-26)35(25)28-19-22-29(23-20-28)37-34-18-9-8-16-32(34)33-24-21-27-13-6-7-15-31(27)36(33)37/h3-24H,2H2,1H3. The molecule has 7 rings (SSSR count). The fourth-order valence-electron chi connectivity index (χ4n) is 5.87. The number of benzene rings is 6. The van der Waals surface area contributed by atoms with Crippen LogP contribution >= 0.6 is 0 Å². The molecule has 0 aliphatic heterocycles. The van der Waals surface area contributed by atoms with E-state index in [1.165, 1.54) is 66.1 Å². The third-order valence-electron chi connectivity index (χ3n) is 7.59. The van der Waals surface area contributed by atoms with Crippen molar-refractivity contribution in [2.24, 2.45) is 0 Å². The highest BCUT2D eigenvalue weighted by molar-refractivity contribution is 6.18. The largest absolute Gasteiger partial charge is 0.309 e. The summed E-state index contributed by atoms with van der Waals surface area (Å²) >= 11 is 0. The Hall–Kier alpha value is -4.62. The number of para-hydroxylation sites is 1. The SMILES string of the molecule is CCc1cccc(-c2ccccc2)c1-c1ccc(-n2c3ccccc3c3ccc4ccccc4c32)cc1. The van der Waals surface area contributed by atoms with Crippen LogP contribution in [0.15, 0.2) is 133 Å². The summed E-state index contributed by atoms with van der Waals surface area (Å²) in [5.74, 6) is 0. The topological polar surface area (TPSA) is 4.93 Å². The second kappa shape index (κ2) is 8.80. The van der Waals surface area contributed by atoms with Crippen molar-refractivity contribution in [3.05, 3.63) is 139 Å². The number of rotatable bonds is 4. The molecule has 0 amide bonds. The van der Waals surface area contributed by atoms with Gasteiger partial charge >= 0.3 is 0 Å². The van der Waals surface area contributed by atoms with Crippen LogP contribution in [0.5, 0.6) is 0 Å². The van der Waals surface area contributed by atoms with Gasteiger partial charge in [-0.2, -0.15) is 0 Å². The average molecular weight is 474 g/mol. The van der Waals surface area contributed by atoms with Crippen molar-refractivity contribution >= 4 is 32.6 Å². The minimum absolute atomic E-state index is 0.997. The number of hydrogen-bond acceptors (Lipinski definition) is 0. The Morgan fingerprint density at radius 3 is 2.05 bits per heavy atom. The molecule has 0 saturated carbocycles. The lowest BCUT2D eigenvalue weighted by molar-refractivity contribution is 1.14. The van der Waals surface area contributed by atoms with Crippen molar-refractivity contribution < 1.29 is 0 Å². The molecular weight excluding hydrogens is 446 g/mol. The van der Waals surface area contributed by atoms with Gasteiger partial charge in [-0.3, -0.25) is 0 Å². The van der Waals surface area contributed by atoms with E-state index in [1.54, 1.807) is 0 Å². The minimum atomic E-state index is 0.997. The molecule has 6 aromatic carbocycles. The molecule has 0 bridgehead atoms. The van der Waals surface area contributed by atoms with Crippen LogP contribution in [0.1, 0.15) is 12.5 Å². The summed E-state index contributed by atoms with van der Waals surface area (Å²) in [5, 5.41) is 5.12. The van der Waals surface area contributed by atoms with E-state index in [-0.39, 0.29) is 0 Å². The van der Waals surface area contributed by atoms with E-state index in [0.29, 0.717) is 0 Å². The smallest absolute Gasteiger partial charge is 0.0619 e. The maximum Gasteiger partial charge on any atom is 0.0619 e. The molecule has 37 heavy (non-hydrogen) atoms. The normalized spacial score (nSPS) is 11.5. The summed E-state index contributed by atoms with van der Waals surface area (Å²) in [4.78, 5) is 0. The monoisotopic (exact) mass is 473 g/mol. The lowest BCUT2D eigenvalue weighted by Gasteiger charge is -2.16. The number of aromatic nitrogens is 1. The Morgan fingerprint density at radius 2 is 1.24 bits per heavy atom. The Labute approximate surface area is 217 Å². The highest BCUT2D eigenvalue weighted by Crippen LogP contribution is 2.39. The van der Waals surface area contributed by atoms with E-state index in [0.717, 1.165) is 6.42 Å². The Balaban J connectivity index is 1.46. The first-order valence-corrected chi connectivity index (χ1v) is 13.0. The van der Waals surface area contributed by atoms with Crippen LogP contribution in [0.4, 0.5) is 0 Å². The molecule has 0 atom stereocenters. The molecule has 1 aromatic heterocycles. The van der Waals surface area contributed by atoms with E-state index in [9.17, 15) is 0 Å². The number of fused-ring (bicyclic) bond motifs is 5. The van der Waals surface area contributed by atoms with Gasteiger partial charge in [0.2, 0.25) is 0 Å². The van der Waals surface area contributed by atoms with Crippen molar-refractivity contribution in [2.75, 3.05) is 0 Å². The molecule has 7 aromatic rings. The summed E-state index contributed by atoms with van der Waals surface area (Å²) in [5.41, 5.74) is 10.2. The van der Waals surface area contributed by atoms with Gasteiger partial charge in [-0.1, -0.05) is 122 Å². The van der Waals surface area contributed by atoms with Gasteiger partial charge in [-0.05, 0) is 57.8 Å². The van der Waals surface area contributed by atoms with Gasteiger partial charge in [0.1, 0.15) is 0 Å². The van der Waals surface area contributed by atoms with Crippen LogP contribution in [-0.4, -0.2) is 4.57 Å². The summed E-state index contributed by atoms with van der Waals surface area (Å²) in [6, 6.07) is 48.5. The third kappa shape index (κ3) is 3.47. The van der Waals surface area contributed by atoms with Crippen LogP contribution in [-0.2, 0) is 6.42 Å². The van der Waals surface area contributed by atoms with Gasteiger partial charge in [0.05, 0.1) is 11.0 Å². The minimum Gasteiger partial charge on any atom is -0.309 e. The molecular formula is C36H27N. The van der Waals surface area contributed by atoms with Gasteiger partial charge < -0.3 is 4.57 Å². The van der Waals surface area contributed by atoms with Crippen LogP contribution in [0, 0.1) is 0 Å². The zero-order chi connectivity index (χ0) is 24.8. The Bertz CT molecular complexity index is 1890. The second-order valence-electron chi connectivity index (χ2n) is 9.64. The Kier molecular flexibility index (Phi) is 5.15. The second-order valence-corrected chi connectivity index (χ2v) is 9.64. The fourth-order valence-corrected chi connectivity index (χ4v) is 5.87. The van der Waals surface area contributed by atoms with Crippen LogP contribution in [0.3, 0.4) is 0 Å². The van der Waals surface area contributed by atoms with Gasteiger partial charge in [-0.15, -0.1) is 0 Å². The van der Waals surface area contributed by atoms with Crippen molar-refractivity contribution in [2.45, 2.75) is 13.3 Å². The zero-order valence-electron chi connectivity index (χ0n) is 20.9. The average Bonchev–Trinajstić information content (AvgIpc) is 3.32. The number of hydrogen-bond donors (Lipinski definition) is 0. The van der Waals surface area contributed by atoms with E-state index < -0.39 is 0 Å². The zero-order valence-corrected chi connectivity index (χ0v) is 20.9. The highest BCUT2D eigenvalue weighted by Gasteiger charge is 2.16. The molecule has 0 N–H and O–H groups in total. The molecule has 0 unspecified atom stereocenters. The maximum atomic E-state index is 2.43. The molecule has 0 radical (unpaired) electrons. The van der Waals surface area contributed by atoms with Gasteiger partial charge in [0, 0.05) is 21.8 Å². The van der Waals surface area contributed by atoms with Crippen molar-refractivity contribution in [1.82, 2.24) is 4.57 Å². The van der Waals surface area contributed by atoms with Crippen molar-refractivity contribution in [3.63, 3.8) is 0 Å². The molecule has 0 spiro atoms. The predicted molar refractivity (Wildman–Crippen MR) is 159 cm³/mol. The summed E-state index contributed by atoms with van der Waals surface area (Å²) in [7, 11) is 0. The first kappa shape index (κ1) is 21.6. The lowest BCUT2D eigenvalue weighted by atomic mass is 9.89. The van der Waals surface area contributed by atoms with Gasteiger partial charge in [0.15, 0.2) is 0 Å². The Morgan fingerprint density at radius 1 is 0.514 bits per heavy atom. The van der Waals surface area contributed by atoms with Gasteiger partial charge in [-0.25, -0.2) is 0 Å².